The average Bonchev–Trinajstić information content (AvgIpc) is 3.04. The molecule has 2 aromatic carbocycles. The van der Waals surface area contributed by atoms with Gasteiger partial charge in [0.05, 0.1) is 5.75 Å². The molecule has 4 nitrogen and oxygen atoms in total. The Bertz CT molecular complexity index is 897. The number of aryl methyl sites for hydroxylation is 1. The second kappa shape index (κ2) is 7.71. The van der Waals surface area contributed by atoms with Gasteiger partial charge in [-0.15, -0.1) is 10.2 Å². The molecule has 8 heteroatoms. The van der Waals surface area contributed by atoms with Crippen LogP contribution in [0, 0.1) is 18.6 Å². The standard InChI is InChI=1S/C17H13F2N3OS2/c1-10-2-5-12(6-3-10)20-16-21-22-17(25-16)24-9-15(23)11-4-7-13(18)14(19)8-11/h2-8H,9H2,1H3,(H,20,21). The number of hydrogen-bond donors (Lipinski definition) is 1. The summed E-state index contributed by atoms with van der Waals surface area (Å²) in [7, 11) is 0. The molecule has 25 heavy (non-hydrogen) atoms. The highest BCUT2D eigenvalue weighted by Gasteiger charge is 2.12. The van der Waals surface area contributed by atoms with E-state index < -0.39 is 11.6 Å². The number of nitrogens with one attached hydrogen (secondary N) is 1. The molecule has 0 saturated carbocycles. The molecule has 1 aromatic heterocycles. The SMILES string of the molecule is Cc1ccc(Nc2nnc(SCC(=O)c3ccc(F)c(F)c3)s2)cc1. The number of hydrogen-bond acceptors (Lipinski definition) is 6. The smallest absolute Gasteiger partial charge is 0.210 e. The zero-order chi connectivity index (χ0) is 17.8. The fourth-order valence-electron chi connectivity index (χ4n) is 1.96. The first-order valence-electron chi connectivity index (χ1n) is 7.29. The Morgan fingerprint density at radius 2 is 1.88 bits per heavy atom. The number of aromatic nitrogens is 2. The van der Waals surface area contributed by atoms with Gasteiger partial charge >= 0.3 is 0 Å². The van der Waals surface area contributed by atoms with Gasteiger partial charge in [0.1, 0.15) is 0 Å². The molecule has 0 atom stereocenters. The average molecular weight is 377 g/mol. The maximum atomic E-state index is 13.2. The van der Waals surface area contributed by atoms with Crippen LogP contribution in [0.1, 0.15) is 15.9 Å². The van der Waals surface area contributed by atoms with Crippen molar-refractivity contribution in [1.82, 2.24) is 10.2 Å². The molecule has 1 N–H and O–H groups in total. The van der Waals surface area contributed by atoms with E-state index >= 15 is 0 Å². The first-order chi connectivity index (χ1) is 12.0. The largest absolute Gasteiger partial charge is 0.330 e. The minimum absolute atomic E-state index is 0.0736. The lowest BCUT2D eigenvalue weighted by Crippen LogP contribution is -2.03. The fraction of sp³-hybridized carbons (Fsp3) is 0.118. The predicted molar refractivity (Wildman–Crippen MR) is 95.8 cm³/mol. The summed E-state index contributed by atoms with van der Waals surface area (Å²) in [5, 5.41) is 11.8. The number of nitrogens with zero attached hydrogens (tertiary/aromatic N) is 2. The molecule has 3 rings (SSSR count). The van der Waals surface area contributed by atoms with Crippen LogP contribution in [0.4, 0.5) is 19.6 Å². The third-order valence-electron chi connectivity index (χ3n) is 3.28. The monoisotopic (exact) mass is 377 g/mol. The Balaban J connectivity index is 1.58. The first-order valence-corrected chi connectivity index (χ1v) is 9.10. The Hall–Kier alpha value is -2.32. The number of Topliss-reactive ketones (excluding diaryl/α,β-unsaturated/α-hetero) is 1. The van der Waals surface area contributed by atoms with Crippen LogP contribution in [0.5, 0.6) is 0 Å². The molecule has 0 aliphatic heterocycles. The molecule has 0 spiro atoms. The number of thioether (sulfide) groups is 1. The molecule has 1 heterocycles. The van der Waals surface area contributed by atoms with Crippen LogP contribution in [0.25, 0.3) is 0 Å². The van der Waals surface area contributed by atoms with E-state index in [0.717, 1.165) is 23.4 Å². The second-order valence-electron chi connectivity index (χ2n) is 5.20. The van der Waals surface area contributed by atoms with E-state index in [-0.39, 0.29) is 17.1 Å². The highest BCUT2D eigenvalue weighted by molar-refractivity contribution is 8.01. The highest BCUT2D eigenvalue weighted by Crippen LogP contribution is 2.28. The normalized spacial score (nSPS) is 10.7. The van der Waals surface area contributed by atoms with Gasteiger partial charge in [-0.2, -0.15) is 0 Å². The van der Waals surface area contributed by atoms with Gasteiger partial charge in [-0.25, -0.2) is 8.78 Å². The maximum Gasteiger partial charge on any atom is 0.210 e. The number of anilines is 2. The summed E-state index contributed by atoms with van der Waals surface area (Å²) in [5.74, 6) is -2.23. The summed E-state index contributed by atoms with van der Waals surface area (Å²) in [6, 6.07) is 11.0. The molecule has 0 amide bonds. The van der Waals surface area contributed by atoms with Crippen molar-refractivity contribution in [2.45, 2.75) is 11.3 Å². The molecule has 0 radical (unpaired) electrons. The van der Waals surface area contributed by atoms with Crippen molar-refractivity contribution >= 4 is 39.7 Å². The molecule has 0 bridgehead atoms. The zero-order valence-corrected chi connectivity index (χ0v) is 14.8. The van der Waals surface area contributed by atoms with Crippen LogP contribution in [-0.4, -0.2) is 21.7 Å². The lowest BCUT2D eigenvalue weighted by molar-refractivity contribution is 0.102. The highest BCUT2D eigenvalue weighted by atomic mass is 32.2. The van der Waals surface area contributed by atoms with Gasteiger partial charge in [0.2, 0.25) is 5.13 Å². The van der Waals surface area contributed by atoms with Gasteiger partial charge < -0.3 is 5.32 Å². The van der Waals surface area contributed by atoms with Crippen molar-refractivity contribution in [2.75, 3.05) is 11.1 Å². The van der Waals surface area contributed by atoms with Crippen LogP contribution < -0.4 is 5.32 Å². The number of carbonyl (C=O) groups excluding carboxylic acids is 1. The van der Waals surface area contributed by atoms with Gasteiger partial charge in [-0.05, 0) is 37.3 Å². The van der Waals surface area contributed by atoms with E-state index in [4.69, 9.17) is 0 Å². The minimum Gasteiger partial charge on any atom is -0.330 e. The molecular weight excluding hydrogens is 364 g/mol. The summed E-state index contributed by atoms with van der Waals surface area (Å²) in [4.78, 5) is 12.0. The predicted octanol–water partition coefficient (Wildman–Crippen LogP) is 4.84. The van der Waals surface area contributed by atoms with Gasteiger partial charge in [0.15, 0.2) is 21.8 Å². The topological polar surface area (TPSA) is 54.9 Å². The molecule has 0 aliphatic rings. The Morgan fingerprint density at radius 1 is 1.12 bits per heavy atom. The summed E-state index contributed by atoms with van der Waals surface area (Å²) in [6.07, 6.45) is 0. The van der Waals surface area contributed by atoms with Crippen LogP contribution >= 0.6 is 23.1 Å². The van der Waals surface area contributed by atoms with Crippen molar-refractivity contribution in [3.05, 3.63) is 65.2 Å². The molecule has 0 saturated heterocycles. The van der Waals surface area contributed by atoms with Crippen molar-refractivity contribution in [3.8, 4) is 0 Å². The van der Waals surface area contributed by atoms with E-state index in [2.05, 4.69) is 15.5 Å². The molecule has 0 unspecified atom stereocenters. The van der Waals surface area contributed by atoms with Crippen LogP contribution in [-0.2, 0) is 0 Å². The number of ketones is 1. The summed E-state index contributed by atoms with van der Waals surface area (Å²) in [5.41, 5.74) is 2.19. The summed E-state index contributed by atoms with van der Waals surface area (Å²) < 4.78 is 26.7. The van der Waals surface area contributed by atoms with Crippen molar-refractivity contribution in [1.29, 1.82) is 0 Å². The van der Waals surface area contributed by atoms with E-state index in [1.165, 1.54) is 29.2 Å². The third kappa shape index (κ3) is 4.61. The van der Waals surface area contributed by atoms with Crippen LogP contribution in [0.15, 0.2) is 46.8 Å². The summed E-state index contributed by atoms with van der Waals surface area (Å²) >= 11 is 2.52. The zero-order valence-electron chi connectivity index (χ0n) is 13.1. The molecular formula is C17H13F2N3OS2. The third-order valence-corrected chi connectivity index (χ3v) is 5.25. The van der Waals surface area contributed by atoms with Crippen molar-refractivity contribution in [3.63, 3.8) is 0 Å². The number of benzene rings is 2. The number of halogens is 2. The quantitative estimate of drug-likeness (QED) is 0.492. The van der Waals surface area contributed by atoms with Gasteiger partial charge in [-0.1, -0.05) is 40.8 Å². The first kappa shape index (κ1) is 17.5. The minimum atomic E-state index is -1.03. The summed E-state index contributed by atoms with van der Waals surface area (Å²) in [6.45, 7) is 2.01. The van der Waals surface area contributed by atoms with E-state index in [0.29, 0.717) is 9.47 Å². The second-order valence-corrected chi connectivity index (χ2v) is 7.40. The van der Waals surface area contributed by atoms with E-state index in [9.17, 15) is 13.6 Å². The van der Waals surface area contributed by atoms with E-state index in [1.54, 1.807) is 0 Å². The van der Waals surface area contributed by atoms with Crippen molar-refractivity contribution in [2.24, 2.45) is 0 Å². The van der Waals surface area contributed by atoms with Gasteiger partial charge in [-0.3, -0.25) is 4.79 Å². The lowest BCUT2D eigenvalue weighted by atomic mass is 10.1. The van der Waals surface area contributed by atoms with E-state index in [1.807, 2.05) is 31.2 Å². The maximum absolute atomic E-state index is 13.2. The fourth-order valence-corrected chi connectivity index (χ4v) is 3.63. The molecule has 128 valence electrons. The number of rotatable bonds is 6. The molecule has 3 aromatic rings. The Morgan fingerprint density at radius 3 is 2.60 bits per heavy atom. The molecule has 0 aliphatic carbocycles. The van der Waals surface area contributed by atoms with Crippen LogP contribution in [0.2, 0.25) is 0 Å². The van der Waals surface area contributed by atoms with Crippen molar-refractivity contribution < 1.29 is 13.6 Å². The Kier molecular flexibility index (Phi) is 5.40. The van der Waals surface area contributed by atoms with Gasteiger partial charge in [0.25, 0.3) is 0 Å². The number of carbonyl (C=O) groups is 1. The lowest BCUT2D eigenvalue weighted by Gasteiger charge is -2.01. The Labute approximate surface area is 151 Å². The van der Waals surface area contributed by atoms with Crippen LogP contribution in [0.3, 0.4) is 0 Å². The van der Waals surface area contributed by atoms with Gasteiger partial charge in [0, 0.05) is 11.3 Å². The molecule has 0 fully saturated rings.